The maximum absolute atomic E-state index is 11.9. The number of rotatable bonds is 8. The number of pyridine rings is 2. The van der Waals surface area contributed by atoms with E-state index in [9.17, 15) is 4.21 Å². The van der Waals surface area contributed by atoms with Crippen molar-refractivity contribution in [1.82, 2.24) is 19.9 Å². The van der Waals surface area contributed by atoms with Crippen molar-refractivity contribution >= 4 is 43.9 Å². The number of hydrogen-bond donors (Lipinski definition) is 2. The van der Waals surface area contributed by atoms with Crippen LogP contribution in [0.2, 0.25) is 0 Å². The first-order chi connectivity index (χ1) is 17.7. The Kier molecular flexibility index (Phi) is 7.17. The van der Waals surface area contributed by atoms with Gasteiger partial charge in [0, 0.05) is 84.9 Å². The Bertz CT molecular complexity index is 1370. The van der Waals surface area contributed by atoms with E-state index in [0.29, 0.717) is 29.5 Å². The van der Waals surface area contributed by atoms with Crippen LogP contribution in [0.25, 0.3) is 10.8 Å². The van der Waals surface area contributed by atoms with E-state index in [4.69, 9.17) is 24.5 Å². The molecule has 5 heterocycles. The fourth-order valence-electron chi connectivity index (χ4n) is 5.21. The van der Waals surface area contributed by atoms with Crippen molar-refractivity contribution in [3.63, 3.8) is 0 Å². The van der Waals surface area contributed by atoms with E-state index >= 15 is 0 Å². The molecule has 0 aliphatic carbocycles. The lowest BCUT2D eigenvalue weighted by Gasteiger charge is -2.40. The van der Waals surface area contributed by atoms with Crippen LogP contribution < -0.4 is 15.1 Å². The van der Waals surface area contributed by atoms with Gasteiger partial charge in [-0.15, -0.1) is 0 Å². The second-order valence-electron chi connectivity index (χ2n) is 10.5. The number of aromatic nitrogens is 4. The smallest absolute Gasteiger partial charge is 0.227 e. The number of ether oxygens (including phenoxy) is 1. The number of hydrogen-bond acceptors (Lipinski definition) is 10. The molecule has 2 fully saturated rings. The minimum Gasteiger partial charge on any atom is -0.381 e. The van der Waals surface area contributed by atoms with Crippen LogP contribution in [0.15, 0.2) is 30.7 Å². The van der Waals surface area contributed by atoms with Gasteiger partial charge < -0.3 is 19.9 Å². The van der Waals surface area contributed by atoms with Crippen LogP contribution in [-0.4, -0.2) is 75.5 Å². The molecule has 2 aliphatic heterocycles. The summed E-state index contributed by atoms with van der Waals surface area (Å²) in [6, 6.07) is 3.93. The predicted molar refractivity (Wildman–Crippen MR) is 149 cm³/mol. The van der Waals surface area contributed by atoms with E-state index in [0.717, 1.165) is 67.0 Å². The average molecular weight is 525 g/mol. The van der Waals surface area contributed by atoms with Crippen molar-refractivity contribution in [3.8, 4) is 0 Å². The SMILES string of the molecule is COC1CCN(c2nccc(Nc3cc4c(C(C)C)cnc(N5CC(C[S@@](C)(=N)=O)C5)c4cn3)n2)CC1. The minimum atomic E-state index is -2.49. The van der Waals surface area contributed by atoms with Crippen LogP contribution in [0, 0.1) is 10.7 Å². The summed E-state index contributed by atoms with van der Waals surface area (Å²) >= 11 is 0. The topological polar surface area (TPSA) is 120 Å². The molecule has 11 heteroatoms. The van der Waals surface area contributed by atoms with Crippen LogP contribution in [0.1, 0.15) is 38.2 Å². The fourth-order valence-corrected chi connectivity index (χ4v) is 6.32. The van der Waals surface area contributed by atoms with Crippen LogP contribution in [0.4, 0.5) is 23.4 Å². The van der Waals surface area contributed by atoms with E-state index < -0.39 is 9.73 Å². The van der Waals surface area contributed by atoms with Gasteiger partial charge in [-0.1, -0.05) is 13.8 Å². The summed E-state index contributed by atoms with van der Waals surface area (Å²) in [6.07, 6.45) is 9.38. The van der Waals surface area contributed by atoms with E-state index in [-0.39, 0.29) is 5.92 Å². The lowest BCUT2D eigenvalue weighted by Crippen LogP contribution is -2.49. The molecule has 0 radical (unpaired) electrons. The van der Waals surface area contributed by atoms with E-state index in [1.54, 1.807) is 13.3 Å². The molecule has 3 aromatic rings. The monoisotopic (exact) mass is 524 g/mol. The van der Waals surface area contributed by atoms with Crippen molar-refractivity contribution in [2.45, 2.75) is 38.7 Å². The Balaban J connectivity index is 1.37. The molecule has 10 nitrogen and oxygen atoms in total. The number of nitrogens with one attached hydrogen (secondary N) is 2. The molecule has 2 aliphatic rings. The zero-order valence-electron chi connectivity index (χ0n) is 22.0. The fraction of sp³-hybridized carbons (Fsp3) is 0.538. The van der Waals surface area contributed by atoms with Gasteiger partial charge in [-0.3, -0.25) is 8.99 Å². The molecule has 2 N–H and O–H groups in total. The van der Waals surface area contributed by atoms with Gasteiger partial charge in [-0.25, -0.2) is 15.0 Å². The largest absolute Gasteiger partial charge is 0.381 e. The molecule has 37 heavy (non-hydrogen) atoms. The number of fused-ring (bicyclic) bond motifs is 1. The van der Waals surface area contributed by atoms with Crippen molar-refractivity contribution in [1.29, 1.82) is 4.78 Å². The lowest BCUT2D eigenvalue weighted by atomic mass is 9.97. The first-order valence-corrected chi connectivity index (χ1v) is 15.0. The average Bonchev–Trinajstić information content (AvgIpc) is 2.85. The van der Waals surface area contributed by atoms with E-state index in [2.05, 4.69) is 40.0 Å². The van der Waals surface area contributed by atoms with Gasteiger partial charge in [0.2, 0.25) is 5.95 Å². The second-order valence-corrected chi connectivity index (χ2v) is 12.9. The normalized spacial score (nSPS) is 18.7. The van der Waals surface area contributed by atoms with Crippen molar-refractivity contribution < 1.29 is 8.95 Å². The zero-order chi connectivity index (χ0) is 26.2. The number of piperidine rings is 1. The highest BCUT2D eigenvalue weighted by Crippen LogP contribution is 2.35. The quantitative estimate of drug-likeness (QED) is 0.450. The van der Waals surface area contributed by atoms with E-state index in [1.165, 1.54) is 6.26 Å². The Hall–Kier alpha value is -3.05. The van der Waals surface area contributed by atoms with Gasteiger partial charge in [0.1, 0.15) is 17.5 Å². The van der Waals surface area contributed by atoms with Crippen molar-refractivity contribution in [2.75, 3.05) is 60.4 Å². The first-order valence-electron chi connectivity index (χ1n) is 12.8. The molecule has 2 saturated heterocycles. The number of nitrogens with zero attached hydrogens (tertiary/aromatic N) is 6. The molecule has 0 spiro atoms. The Morgan fingerprint density at radius 1 is 1.11 bits per heavy atom. The molecule has 5 rings (SSSR count). The van der Waals surface area contributed by atoms with Gasteiger partial charge in [-0.05, 0) is 41.8 Å². The molecular weight excluding hydrogens is 488 g/mol. The maximum atomic E-state index is 11.9. The van der Waals surface area contributed by atoms with Crippen LogP contribution in [0.3, 0.4) is 0 Å². The first kappa shape index (κ1) is 25.6. The molecule has 0 aromatic carbocycles. The van der Waals surface area contributed by atoms with Gasteiger partial charge in [0.05, 0.1) is 6.10 Å². The van der Waals surface area contributed by atoms with Gasteiger partial charge in [-0.2, -0.15) is 4.98 Å². The molecule has 0 saturated carbocycles. The number of methoxy groups -OCH3 is 1. The number of anilines is 4. The molecule has 198 valence electrons. The highest BCUT2D eigenvalue weighted by molar-refractivity contribution is 7.91. The summed E-state index contributed by atoms with van der Waals surface area (Å²) in [5.41, 5.74) is 1.16. The molecule has 3 aromatic heterocycles. The van der Waals surface area contributed by atoms with Crippen LogP contribution >= 0.6 is 0 Å². The summed E-state index contributed by atoms with van der Waals surface area (Å²) < 4.78 is 25.1. The standard InChI is InChI=1S/C26H36N8O2S/c1-17(2)21-12-30-25(34-14-18(15-34)16-37(4,27)35)22-13-29-24(11-20(21)22)31-23-5-8-28-26(32-23)33-9-6-19(36-3)7-10-33/h5,8,11-13,17-19,27H,6-7,9-10,14-16H2,1-4H3,(H,28,29,31,32)/t37-/m0/s1. The third-order valence-corrected chi connectivity index (χ3v) is 8.28. The Morgan fingerprint density at radius 3 is 2.54 bits per heavy atom. The predicted octanol–water partition coefficient (Wildman–Crippen LogP) is 4.01. The summed E-state index contributed by atoms with van der Waals surface area (Å²) in [7, 11) is -0.717. The van der Waals surface area contributed by atoms with Gasteiger partial charge >= 0.3 is 0 Å². The highest BCUT2D eigenvalue weighted by atomic mass is 32.2. The van der Waals surface area contributed by atoms with Crippen molar-refractivity contribution in [3.05, 3.63) is 36.3 Å². The summed E-state index contributed by atoms with van der Waals surface area (Å²) in [4.78, 5) is 23.1. The Morgan fingerprint density at radius 2 is 1.86 bits per heavy atom. The zero-order valence-corrected chi connectivity index (χ0v) is 22.8. The van der Waals surface area contributed by atoms with Crippen LogP contribution in [0.5, 0.6) is 0 Å². The minimum absolute atomic E-state index is 0.262. The van der Waals surface area contributed by atoms with Gasteiger partial charge in [0.25, 0.3) is 0 Å². The van der Waals surface area contributed by atoms with Crippen molar-refractivity contribution in [2.24, 2.45) is 5.92 Å². The summed E-state index contributed by atoms with van der Waals surface area (Å²) in [6.45, 7) is 7.60. The molecule has 0 amide bonds. The molecular formula is C26H36N8O2S. The third-order valence-electron chi connectivity index (χ3n) is 7.17. The summed E-state index contributed by atoms with van der Waals surface area (Å²) in [5, 5.41) is 5.48. The summed E-state index contributed by atoms with van der Waals surface area (Å²) in [5.74, 6) is 4.03. The Labute approximate surface area is 218 Å². The molecule has 0 unspecified atom stereocenters. The van der Waals surface area contributed by atoms with Crippen LogP contribution in [-0.2, 0) is 14.5 Å². The highest BCUT2D eigenvalue weighted by Gasteiger charge is 2.31. The third kappa shape index (κ3) is 5.77. The van der Waals surface area contributed by atoms with Gasteiger partial charge in [0.15, 0.2) is 0 Å². The van der Waals surface area contributed by atoms with E-state index in [1.807, 2.05) is 18.5 Å². The molecule has 1 atom stereocenters. The maximum Gasteiger partial charge on any atom is 0.227 e. The second kappa shape index (κ2) is 10.4. The molecule has 0 bridgehead atoms. The lowest BCUT2D eigenvalue weighted by molar-refractivity contribution is 0.0816.